The predicted octanol–water partition coefficient (Wildman–Crippen LogP) is -1.40. The number of rotatable bonds is 2. The average molecular weight is 460 g/mol. The van der Waals surface area contributed by atoms with Crippen LogP contribution in [-0.4, -0.2) is 84.9 Å². The molecule has 3 aliphatic carbocycles. The molecule has 0 spiro atoms. The molecule has 8 N–H and O–H groups in total. The number of amides is 1. The van der Waals surface area contributed by atoms with E-state index in [0.717, 1.165) is 0 Å². The van der Waals surface area contributed by atoms with Crippen molar-refractivity contribution in [3.8, 4) is 5.75 Å². The minimum atomic E-state index is -3.02. The summed E-state index contributed by atoms with van der Waals surface area (Å²) in [6, 6.07) is 2.50. The molecule has 6 atom stereocenters. The summed E-state index contributed by atoms with van der Waals surface area (Å²) in [5, 5.41) is 66.3. The highest BCUT2D eigenvalue weighted by Gasteiger charge is 2.70. The quantitative estimate of drug-likeness (QED) is 0.257. The van der Waals surface area contributed by atoms with E-state index in [1.54, 1.807) is 0 Å². The molecule has 0 aromatic heterocycles. The number of likely N-dealkylation sites (N-methyl/N-ethyl adjacent to an activating group) is 1. The van der Waals surface area contributed by atoms with Crippen molar-refractivity contribution in [3.63, 3.8) is 0 Å². The van der Waals surface area contributed by atoms with Gasteiger partial charge in [-0.05, 0) is 32.6 Å². The molecule has 0 heterocycles. The van der Waals surface area contributed by atoms with Gasteiger partial charge < -0.3 is 36.4 Å². The molecule has 0 saturated heterocycles. The van der Waals surface area contributed by atoms with Gasteiger partial charge in [-0.25, -0.2) is 0 Å². The van der Waals surface area contributed by atoms with Gasteiger partial charge in [0.05, 0.1) is 40.7 Å². The Morgan fingerprint density at radius 1 is 1.12 bits per heavy atom. The van der Waals surface area contributed by atoms with Gasteiger partial charge in [-0.3, -0.25) is 19.3 Å². The average Bonchev–Trinajstić information content (AvgIpc) is 2.70. The number of carbonyl (C=O) groups excluding carboxylic acids is 3. The molecule has 0 radical (unpaired) electrons. The van der Waals surface area contributed by atoms with Crippen molar-refractivity contribution in [1.82, 2.24) is 4.90 Å². The lowest BCUT2D eigenvalue weighted by molar-refractivity contribution is -0.181. The number of hydrogen-bond donors (Lipinski definition) is 7. The molecule has 1 amide bonds. The standard InChI is InChI=1S/C22H24N2O9/c1-21(32)7-5-4-6-8(25)9(7)15(26)10-12(21)17(28)13-14(24(2)3)16(27)11(20(23)31)19(30)22(13,33)18(10)29/h4-6,12-14,17,25-26,28,30,32-33H,1-3H3,(H2,23,31)/t12-,13-,14+,17-,21+,22-/m1/s1. The maximum Gasteiger partial charge on any atom is 0.255 e. The summed E-state index contributed by atoms with van der Waals surface area (Å²) in [5.41, 5.74) is -1.78. The Bertz CT molecular complexity index is 1180. The first kappa shape index (κ1) is 22.9. The molecule has 176 valence electrons. The first-order valence-electron chi connectivity index (χ1n) is 10.1. The fourth-order valence-electron chi connectivity index (χ4n) is 5.60. The normalized spacial score (nSPS) is 36.0. The third-order valence-corrected chi connectivity index (χ3v) is 7.03. The van der Waals surface area contributed by atoms with Crippen LogP contribution in [0.15, 0.2) is 35.1 Å². The Kier molecular flexibility index (Phi) is 4.78. The summed E-state index contributed by atoms with van der Waals surface area (Å²) in [4.78, 5) is 39.9. The Labute approximate surface area is 187 Å². The lowest BCUT2D eigenvalue weighted by atomic mass is 9.53. The lowest BCUT2D eigenvalue weighted by Crippen LogP contribution is -2.71. The van der Waals surface area contributed by atoms with Crippen molar-refractivity contribution in [2.24, 2.45) is 17.6 Å². The van der Waals surface area contributed by atoms with Crippen LogP contribution in [0.25, 0.3) is 5.76 Å². The lowest BCUT2D eigenvalue weighted by Gasteiger charge is -2.55. The van der Waals surface area contributed by atoms with E-state index in [1.165, 1.54) is 44.1 Å². The van der Waals surface area contributed by atoms with Gasteiger partial charge in [-0.1, -0.05) is 12.1 Å². The van der Waals surface area contributed by atoms with Gasteiger partial charge in [0.1, 0.15) is 22.8 Å². The second-order valence-electron chi connectivity index (χ2n) is 9.06. The highest BCUT2D eigenvalue weighted by molar-refractivity contribution is 6.24. The van der Waals surface area contributed by atoms with Crippen LogP contribution < -0.4 is 5.73 Å². The minimum absolute atomic E-state index is 0.00664. The van der Waals surface area contributed by atoms with E-state index in [0.29, 0.717) is 0 Å². The number of aromatic hydroxyl groups is 1. The SMILES string of the molecule is CN(C)[C@@H]1C(=O)C(C(N)=O)=C(O)[C@]2(O)C(=O)C3=C(O)c4c(O)cccc4[C@](C)(O)[C@H]3[C@@H](O)[C@@H]12. The zero-order valence-electron chi connectivity index (χ0n) is 18.0. The van der Waals surface area contributed by atoms with Crippen LogP contribution >= 0.6 is 0 Å². The molecule has 11 nitrogen and oxygen atoms in total. The van der Waals surface area contributed by atoms with Gasteiger partial charge in [0.2, 0.25) is 5.78 Å². The highest BCUT2D eigenvalue weighted by Crippen LogP contribution is 2.57. The molecule has 1 saturated carbocycles. The van der Waals surface area contributed by atoms with E-state index in [9.17, 15) is 45.0 Å². The third-order valence-electron chi connectivity index (χ3n) is 7.03. The van der Waals surface area contributed by atoms with Crippen LogP contribution in [0.3, 0.4) is 0 Å². The fraction of sp³-hybridized carbons (Fsp3) is 0.409. The predicted molar refractivity (Wildman–Crippen MR) is 112 cm³/mol. The van der Waals surface area contributed by atoms with Gasteiger partial charge in [-0.2, -0.15) is 0 Å². The Hall–Kier alpha value is -3.25. The van der Waals surface area contributed by atoms with Crippen molar-refractivity contribution in [3.05, 3.63) is 46.2 Å². The molecular weight excluding hydrogens is 436 g/mol. The summed E-state index contributed by atoms with van der Waals surface area (Å²) in [7, 11) is 2.80. The number of phenolic OH excluding ortho intramolecular Hbond substituents is 1. The van der Waals surface area contributed by atoms with Crippen molar-refractivity contribution in [2.75, 3.05) is 14.1 Å². The first-order chi connectivity index (χ1) is 15.2. The Balaban J connectivity index is 2.11. The molecular formula is C22H24N2O9. The Morgan fingerprint density at radius 2 is 1.73 bits per heavy atom. The number of Topliss-reactive ketones (excluding diaryl/α,β-unsaturated/α-hetero) is 2. The second kappa shape index (κ2) is 6.87. The highest BCUT2D eigenvalue weighted by atomic mass is 16.4. The van der Waals surface area contributed by atoms with Gasteiger partial charge in [0, 0.05) is 0 Å². The zero-order valence-corrected chi connectivity index (χ0v) is 18.0. The number of benzene rings is 1. The van der Waals surface area contributed by atoms with Crippen molar-refractivity contribution < 1.29 is 45.0 Å². The van der Waals surface area contributed by atoms with Gasteiger partial charge >= 0.3 is 0 Å². The van der Waals surface area contributed by atoms with E-state index < -0.39 is 81.1 Å². The molecule has 4 rings (SSSR count). The summed E-state index contributed by atoms with van der Waals surface area (Å²) >= 11 is 0. The molecule has 0 bridgehead atoms. The maximum absolute atomic E-state index is 13.7. The molecule has 11 heteroatoms. The van der Waals surface area contributed by atoms with Gasteiger partial charge in [0.15, 0.2) is 11.4 Å². The molecule has 1 aromatic rings. The molecule has 3 aliphatic rings. The number of carbonyl (C=O) groups is 3. The van der Waals surface area contributed by atoms with Gasteiger partial charge in [0.25, 0.3) is 5.91 Å². The van der Waals surface area contributed by atoms with Gasteiger partial charge in [-0.15, -0.1) is 0 Å². The number of primary amides is 1. The Morgan fingerprint density at radius 3 is 2.27 bits per heavy atom. The maximum atomic E-state index is 13.7. The summed E-state index contributed by atoms with van der Waals surface area (Å²) < 4.78 is 0. The second-order valence-corrected chi connectivity index (χ2v) is 9.06. The monoisotopic (exact) mass is 460 g/mol. The largest absolute Gasteiger partial charge is 0.508 e. The zero-order chi connectivity index (χ0) is 24.8. The van der Waals surface area contributed by atoms with Crippen LogP contribution in [0.1, 0.15) is 18.1 Å². The van der Waals surface area contributed by atoms with E-state index in [-0.39, 0.29) is 11.1 Å². The van der Waals surface area contributed by atoms with E-state index in [4.69, 9.17) is 5.73 Å². The topological polar surface area (TPSA) is 202 Å². The van der Waals surface area contributed by atoms with E-state index >= 15 is 0 Å². The summed E-state index contributed by atoms with van der Waals surface area (Å²) in [6.45, 7) is 1.25. The number of aliphatic hydroxyl groups excluding tert-OH is 3. The number of ketones is 2. The summed E-state index contributed by atoms with van der Waals surface area (Å²) in [6.07, 6.45) is -1.87. The number of aliphatic hydroxyl groups is 5. The van der Waals surface area contributed by atoms with Crippen LogP contribution in [0.4, 0.5) is 0 Å². The van der Waals surface area contributed by atoms with Crippen LogP contribution in [0, 0.1) is 11.8 Å². The molecule has 0 aliphatic heterocycles. The smallest absolute Gasteiger partial charge is 0.255 e. The van der Waals surface area contributed by atoms with Crippen molar-refractivity contribution in [2.45, 2.75) is 30.3 Å². The summed E-state index contributed by atoms with van der Waals surface area (Å²) in [5.74, 6) is -9.67. The van der Waals surface area contributed by atoms with Crippen molar-refractivity contribution >= 4 is 23.2 Å². The number of nitrogens with zero attached hydrogens (tertiary/aromatic N) is 1. The third kappa shape index (κ3) is 2.61. The number of fused-ring (bicyclic) bond motifs is 3. The molecule has 1 aromatic carbocycles. The van der Waals surface area contributed by atoms with E-state index in [2.05, 4.69) is 0 Å². The molecule has 33 heavy (non-hydrogen) atoms. The number of hydrogen-bond acceptors (Lipinski definition) is 10. The molecule has 1 fully saturated rings. The van der Waals surface area contributed by atoms with Crippen LogP contribution in [0.5, 0.6) is 5.75 Å². The van der Waals surface area contributed by atoms with Crippen LogP contribution in [-0.2, 0) is 20.0 Å². The molecule has 0 unspecified atom stereocenters. The fourth-order valence-corrected chi connectivity index (χ4v) is 5.60. The first-order valence-corrected chi connectivity index (χ1v) is 10.1. The number of nitrogens with two attached hydrogens (primary N) is 1. The van der Waals surface area contributed by atoms with E-state index in [1.807, 2.05) is 0 Å². The van der Waals surface area contributed by atoms with Crippen LogP contribution in [0.2, 0.25) is 0 Å². The number of phenols is 1. The van der Waals surface area contributed by atoms with Crippen molar-refractivity contribution in [1.29, 1.82) is 0 Å². The minimum Gasteiger partial charge on any atom is -0.508 e.